The van der Waals surface area contributed by atoms with Gasteiger partial charge in [0.15, 0.2) is 0 Å². The number of hydrogen-bond acceptors (Lipinski definition) is 3. The molecule has 0 spiro atoms. The molecular formula is C14H19FN4. The molecule has 0 aliphatic carbocycles. The van der Waals surface area contributed by atoms with E-state index in [2.05, 4.69) is 26.8 Å². The number of fused-ring (bicyclic) bond motifs is 1. The van der Waals surface area contributed by atoms with E-state index in [1.165, 1.54) is 6.07 Å². The summed E-state index contributed by atoms with van der Waals surface area (Å²) in [6, 6.07) is 3.77. The van der Waals surface area contributed by atoms with E-state index in [4.69, 9.17) is 0 Å². The maximum absolute atomic E-state index is 14.2. The topological polar surface area (TPSA) is 35.2 Å². The number of rotatable bonds is 2. The number of aromatic amines is 1. The second-order valence-corrected chi connectivity index (χ2v) is 5.37. The van der Waals surface area contributed by atoms with Crippen LogP contribution in [0.3, 0.4) is 0 Å². The summed E-state index contributed by atoms with van der Waals surface area (Å²) < 4.78 is 14.2. The summed E-state index contributed by atoms with van der Waals surface area (Å²) >= 11 is 0. The molecule has 0 radical (unpaired) electrons. The molecule has 2 heterocycles. The van der Waals surface area contributed by atoms with E-state index in [1.54, 1.807) is 6.33 Å². The average Bonchev–Trinajstić information content (AvgIpc) is 2.85. The van der Waals surface area contributed by atoms with Gasteiger partial charge in [0.05, 0.1) is 23.0 Å². The third-order valence-corrected chi connectivity index (χ3v) is 4.10. The number of H-pyrrole nitrogens is 1. The number of nitrogens with one attached hydrogen (secondary N) is 1. The molecule has 1 aromatic heterocycles. The molecule has 1 N–H and O–H groups in total. The molecule has 0 atom stereocenters. The maximum Gasteiger partial charge on any atom is 0.148 e. The smallest absolute Gasteiger partial charge is 0.148 e. The van der Waals surface area contributed by atoms with Gasteiger partial charge >= 0.3 is 0 Å². The number of anilines is 1. The quantitative estimate of drug-likeness (QED) is 0.901. The lowest BCUT2D eigenvalue weighted by Gasteiger charge is -2.36. The molecule has 0 bridgehead atoms. The van der Waals surface area contributed by atoms with Crippen LogP contribution in [-0.4, -0.2) is 48.1 Å². The van der Waals surface area contributed by atoms with Crippen LogP contribution < -0.4 is 4.90 Å². The number of benzene rings is 1. The fourth-order valence-electron chi connectivity index (χ4n) is 2.79. The summed E-state index contributed by atoms with van der Waals surface area (Å²) in [5.74, 6) is -0.182. The molecule has 102 valence electrons. The van der Waals surface area contributed by atoms with Crippen molar-refractivity contribution in [3.05, 3.63) is 24.3 Å². The third-order valence-electron chi connectivity index (χ3n) is 4.10. The second kappa shape index (κ2) is 4.81. The third kappa shape index (κ3) is 2.30. The summed E-state index contributed by atoms with van der Waals surface area (Å²) in [6.45, 7) is 2.14. The Bertz CT molecular complexity index is 572. The number of hydrogen-bond donors (Lipinski definition) is 1. The predicted molar refractivity (Wildman–Crippen MR) is 75.0 cm³/mol. The Morgan fingerprint density at radius 2 is 2.11 bits per heavy atom. The first-order chi connectivity index (χ1) is 9.15. The predicted octanol–water partition coefficient (Wildman–Crippen LogP) is 2.23. The van der Waals surface area contributed by atoms with Crippen LogP contribution in [-0.2, 0) is 0 Å². The Morgan fingerprint density at radius 3 is 2.84 bits per heavy atom. The highest BCUT2D eigenvalue weighted by Gasteiger charge is 2.23. The summed E-state index contributed by atoms with van der Waals surface area (Å²) in [6.07, 6.45) is 3.75. The fraction of sp³-hybridized carbons (Fsp3) is 0.500. The van der Waals surface area contributed by atoms with E-state index in [-0.39, 0.29) is 5.82 Å². The van der Waals surface area contributed by atoms with Gasteiger partial charge in [-0.3, -0.25) is 0 Å². The van der Waals surface area contributed by atoms with Gasteiger partial charge in [-0.2, -0.15) is 0 Å². The standard InChI is InChI=1S/C14H19FN4/c1-18-5-3-10(4-6-18)19(2)14-8-13-12(7-11(14)15)16-9-17-13/h7-10H,3-6H2,1-2H3,(H,16,17). The molecule has 4 nitrogen and oxygen atoms in total. The van der Waals surface area contributed by atoms with Crippen molar-refractivity contribution in [2.45, 2.75) is 18.9 Å². The monoisotopic (exact) mass is 262 g/mol. The molecule has 1 saturated heterocycles. The van der Waals surface area contributed by atoms with Crippen molar-refractivity contribution in [3.8, 4) is 0 Å². The SMILES string of the molecule is CN1CCC(N(C)c2cc3nc[nH]c3cc2F)CC1. The summed E-state index contributed by atoms with van der Waals surface area (Å²) in [5, 5.41) is 0. The molecular weight excluding hydrogens is 243 g/mol. The fourth-order valence-corrected chi connectivity index (χ4v) is 2.79. The minimum atomic E-state index is -0.182. The van der Waals surface area contributed by atoms with E-state index < -0.39 is 0 Å². The van der Waals surface area contributed by atoms with Crippen LogP contribution in [0.15, 0.2) is 18.5 Å². The van der Waals surface area contributed by atoms with Crippen LogP contribution in [0.2, 0.25) is 0 Å². The van der Waals surface area contributed by atoms with E-state index in [0.717, 1.165) is 37.0 Å². The molecule has 1 fully saturated rings. The van der Waals surface area contributed by atoms with Gasteiger partial charge in [0.25, 0.3) is 0 Å². The zero-order valence-corrected chi connectivity index (χ0v) is 11.4. The van der Waals surface area contributed by atoms with Crippen molar-refractivity contribution >= 4 is 16.7 Å². The zero-order valence-electron chi connectivity index (χ0n) is 11.4. The summed E-state index contributed by atoms with van der Waals surface area (Å²) in [5.41, 5.74) is 2.21. The highest BCUT2D eigenvalue weighted by molar-refractivity contribution is 5.79. The van der Waals surface area contributed by atoms with Gasteiger partial charge in [-0.05, 0) is 39.0 Å². The van der Waals surface area contributed by atoms with Crippen molar-refractivity contribution in [3.63, 3.8) is 0 Å². The molecule has 1 aromatic carbocycles. The van der Waals surface area contributed by atoms with Crippen LogP contribution in [0.5, 0.6) is 0 Å². The van der Waals surface area contributed by atoms with Crippen molar-refractivity contribution in [2.75, 3.05) is 32.1 Å². The Kier molecular flexibility index (Phi) is 3.14. The van der Waals surface area contributed by atoms with Gasteiger partial charge in [0.2, 0.25) is 0 Å². The van der Waals surface area contributed by atoms with Crippen LogP contribution >= 0.6 is 0 Å². The number of imidazole rings is 1. The van der Waals surface area contributed by atoms with E-state index in [0.29, 0.717) is 11.7 Å². The van der Waals surface area contributed by atoms with Crippen LogP contribution in [0.25, 0.3) is 11.0 Å². The van der Waals surface area contributed by atoms with Gasteiger partial charge in [-0.15, -0.1) is 0 Å². The molecule has 0 amide bonds. The molecule has 3 rings (SSSR count). The molecule has 0 saturated carbocycles. The lowest BCUT2D eigenvalue weighted by atomic mass is 10.0. The average molecular weight is 262 g/mol. The number of piperidine rings is 1. The van der Waals surface area contributed by atoms with E-state index in [1.807, 2.05) is 13.1 Å². The van der Waals surface area contributed by atoms with Crippen molar-refractivity contribution in [1.29, 1.82) is 0 Å². The Labute approximate surface area is 112 Å². The first kappa shape index (κ1) is 12.4. The van der Waals surface area contributed by atoms with Crippen molar-refractivity contribution < 1.29 is 4.39 Å². The second-order valence-electron chi connectivity index (χ2n) is 5.37. The van der Waals surface area contributed by atoms with Crippen LogP contribution in [0, 0.1) is 5.82 Å². The molecule has 1 aliphatic heterocycles. The molecule has 19 heavy (non-hydrogen) atoms. The number of likely N-dealkylation sites (tertiary alicyclic amines) is 1. The van der Waals surface area contributed by atoms with E-state index in [9.17, 15) is 4.39 Å². The minimum absolute atomic E-state index is 0.182. The molecule has 1 aliphatic rings. The summed E-state index contributed by atoms with van der Waals surface area (Å²) in [7, 11) is 4.11. The van der Waals surface area contributed by atoms with Crippen molar-refractivity contribution in [1.82, 2.24) is 14.9 Å². The first-order valence-electron chi connectivity index (χ1n) is 6.69. The van der Waals surface area contributed by atoms with Crippen molar-refractivity contribution in [2.24, 2.45) is 0 Å². The van der Waals surface area contributed by atoms with Gasteiger partial charge in [0, 0.05) is 19.2 Å². The Balaban J connectivity index is 1.88. The van der Waals surface area contributed by atoms with Crippen LogP contribution in [0.1, 0.15) is 12.8 Å². The lowest BCUT2D eigenvalue weighted by Crippen LogP contribution is -2.42. The Hall–Kier alpha value is -1.62. The maximum atomic E-state index is 14.2. The normalized spacial score (nSPS) is 18.1. The highest BCUT2D eigenvalue weighted by atomic mass is 19.1. The van der Waals surface area contributed by atoms with Gasteiger partial charge in [-0.25, -0.2) is 9.37 Å². The largest absolute Gasteiger partial charge is 0.369 e. The molecule has 0 unspecified atom stereocenters. The molecule has 2 aromatic rings. The van der Waals surface area contributed by atoms with Gasteiger partial charge in [0.1, 0.15) is 5.82 Å². The first-order valence-corrected chi connectivity index (χ1v) is 6.69. The van der Waals surface area contributed by atoms with Gasteiger partial charge in [-0.1, -0.05) is 0 Å². The minimum Gasteiger partial charge on any atom is -0.369 e. The number of aromatic nitrogens is 2. The zero-order chi connectivity index (χ0) is 13.4. The lowest BCUT2D eigenvalue weighted by molar-refractivity contribution is 0.252. The van der Waals surface area contributed by atoms with Crippen LogP contribution in [0.4, 0.5) is 10.1 Å². The van der Waals surface area contributed by atoms with Gasteiger partial charge < -0.3 is 14.8 Å². The number of halogens is 1. The number of nitrogens with zero attached hydrogens (tertiary/aromatic N) is 3. The molecule has 5 heteroatoms. The Morgan fingerprint density at radius 1 is 1.37 bits per heavy atom. The van der Waals surface area contributed by atoms with E-state index >= 15 is 0 Å². The highest BCUT2D eigenvalue weighted by Crippen LogP contribution is 2.27. The summed E-state index contributed by atoms with van der Waals surface area (Å²) in [4.78, 5) is 11.5.